The number of allylic oxidation sites excluding steroid dienone is 1. The lowest BCUT2D eigenvalue weighted by Gasteiger charge is -2.15. The van der Waals surface area contributed by atoms with Gasteiger partial charge < -0.3 is 9.47 Å². The number of hydrazine groups is 1. The summed E-state index contributed by atoms with van der Waals surface area (Å²) in [5.41, 5.74) is 5.74. The zero-order valence-corrected chi connectivity index (χ0v) is 15.1. The highest BCUT2D eigenvalue weighted by molar-refractivity contribution is 5.74. The summed E-state index contributed by atoms with van der Waals surface area (Å²) in [6.07, 6.45) is 4.60. The van der Waals surface area contributed by atoms with E-state index in [2.05, 4.69) is 6.58 Å². The van der Waals surface area contributed by atoms with Gasteiger partial charge in [-0.1, -0.05) is 48.1 Å². The fourth-order valence-corrected chi connectivity index (χ4v) is 2.48. The van der Waals surface area contributed by atoms with Gasteiger partial charge in [0.25, 0.3) is 0 Å². The number of methoxy groups -OCH3 is 1. The maximum atomic E-state index is 11.6. The van der Waals surface area contributed by atoms with Gasteiger partial charge in [0.2, 0.25) is 0 Å². The highest BCUT2D eigenvalue weighted by atomic mass is 16.6. The summed E-state index contributed by atoms with van der Waals surface area (Å²) in [6, 6.07) is 13.6. The Hall–Kier alpha value is -3.05. The molecule has 2 aromatic carbocycles. The Kier molecular flexibility index (Phi) is 7.00. The van der Waals surface area contributed by atoms with E-state index in [4.69, 9.17) is 15.3 Å². The van der Waals surface area contributed by atoms with Crippen molar-refractivity contribution in [2.24, 2.45) is 5.84 Å². The highest BCUT2D eigenvalue weighted by Gasteiger charge is 2.15. The Labute approximate surface area is 154 Å². The largest absolute Gasteiger partial charge is 0.496 e. The minimum absolute atomic E-state index is 0.418. The van der Waals surface area contributed by atoms with Gasteiger partial charge in [-0.3, -0.25) is 5.43 Å². The number of carbonyl (C=O) groups excluding carboxylic acids is 1. The fraction of sp³-hybridized carbons (Fsp3) is 0.190. The predicted molar refractivity (Wildman–Crippen MR) is 105 cm³/mol. The van der Waals surface area contributed by atoms with Crippen LogP contribution in [0.15, 0.2) is 54.6 Å². The van der Waals surface area contributed by atoms with Crippen LogP contribution in [0.25, 0.3) is 12.2 Å². The molecule has 26 heavy (non-hydrogen) atoms. The summed E-state index contributed by atoms with van der Waals surface area (Å²) in [4.78, 5) is 11.6. The van der Waals surface area contributed by atoms with E-state index in [1.54, 1.807) is 13.2 Å². The Morgan fingerprint density at radius 1 is 1.15 bits per heavy atom. The van der Waals surface area contributed by atoms with Gasteiger partial charge in [-0.2, -0.15) is 0 Å². The van der Waals surface area contributed by atoms with Crippen LogP contribution in [0.3, 0.4) is 0 Å². The van der Waals surface area contributed by atoms with Gasteiger partial charge in [-0.15, -0.1) is 6.58 Å². The van der Waals surface area contributed by atoms with Gasteiger partial charge in [-0.05, 0) is 43.0 Å². The molecule has 2 rings (SSSR count). The van der Waals surface area contributed by atoms with Gasteiger partial charge in [0, 0.05) is 5.56 Å². The Bertz CT molecular complexity index is 798. The Morgan fingerprint density at radius 2 is 1.81 bits per heavy atom. The molecule has 0 aromatic heterocycles. The van der Waals surface area contributed by atoms with Crippen molar-refractivity contribution in [3.63, 3.8) is 0 Å². The molecule has 3 N–H and O–H groups in total. The molecule has 5 heteroatoms. The third-order valence-corrected chi connectivity index (χ3v) is 3.80. The van der Waals surface area contributed by atoms with Gasteiger partial charge >= 0.3 is 6.09 Å². The van der Waals surface area contributed by atoms with E-state index in [1.807, 2.05) is 60.9 Å². The van der Waals surface area contributed by atoms with Gasteiger partial charge in [0.1, 0.15) is 11.5 Å². The molecule has 0 fully saturated rings. The van der Waals surface area contributed by atoms with Crippen molar-refractivity contribution in [1.29, 1.82) is 0 Å². The zero-order valence-electron chi connectivity index (χ0n) is 15.1. The van der Waals surface area contributed by atoms with E-state index in [0.717, 1.165) is 28.7 Å². The average Bonchev–Trinajstić information content (AvgIpc) is 2.65. The number of ether oxygens (including phenoxy) is 2. The van der Waals surface area contributed by atoms with Crippen LogP contribution in [0.4, 0.5) is 4.79 Å². The van der Waals surface area contributed by atoms with E-state index >= 15 is 0 Å². The van der Waals surface area contributed by atoms with E-state index in [9.17, 15) is 4.79 Å². The quantitative estimate of drug-likeness (QED) is 0.256. The molecule has 0 aliphatic rings. The molecule has 0 aliphatic carbocycles. The molecule has 0 saturated carbocycles. The SMILES string of the molecule is C=C(C)CCc1c(OC)cc(/C=C/c2ccccc2)cc1OC(=O)NN. The zero-order chi connectivity index (χ0) is 18.9. The summed E-state index contributed by atoms with van der Waals surface area (Å²) in [7, 11) is 1.59. The average molecular weight is 352 g/mol. The molecule has 0 bridgehead atoms. The maximum absolute atomic E-state index is 11.6. The molecule has 5 nitrogen and oxygen atoms in total. The van der Waals surface area contributed by atoms with Gasteiger partial charge in [0.05, 0.1) is 7.11 Å². The Morgan fingerprint density at radius 3 is 2.42 bits per heavy atom. The van der Waals surface area contributed by atoms with Crippen LogP contribution in [0, 0.1) is 0 Å². The summed E-state index contributed by atoms with van der Waals surface area (Å²) in [5, 5.41) is 0. The number of hydrogen-bond acceptors (Lipinski definition) is 4. The smallest absolute Gasteiger partial charge is 0.426 e. The molecule has 0 radical (unpaired) electrons. The van der Waals surface area contributed by atoms with Crippen molar-refractivity contribution >= 4 is 18.2 Å². The third-order valence-electron chi connectivity index (χ3n) is 3.80. The minimum atomic E-state index is -0.729. The first-order valence-electron chi connectivity index (χ1n) is 8.30. The van der Waals surface area contributed by atoms with Crippen molar-refractivity contribution in [2.45, 2.75) is 19.8 Å². The number of rotatable bonds is 7. The minimum Gasteiger partial charge on any atom is -0.496 e. The molecule has 0 saturated heterocycles. The van der Waals surface area contributed by atoms with E-state index in [-0.39, 0.29) is 0 Å². The third kappa shape index (κ3) is 5.50. The molecular weight excluding hydrogens is 328 g/mol. The lowest BCUT2D eigenvalue weighted by atomic mass is 10.0. The Balaban J connectivity index is 2.40. The second-order valence-corrected chi connectivity index (χ2v) is 5.93. The number of nitrogens with one attached hydrogen (secondary N) is 1. The van der Waals surface area contributed by atoms with Crippen LogP contribution in [0.1, 0.15) is 30.0 Å². The van der Waals surface area contributed by atoms with Crippen molar-refractivity contribution in [2.75, 3.05) is 7.11 Å². The van der Waals surface area contributed by atoms with Gasteiger partial charge in [-0.25, -0.2) is 10.6 Å². The van der Waals surface area contributed by atoms with Crippen LogP contribution in [0.2, 0.25) is 0 Å². The van der Waals surface area contributed by atoms with E-state index in [0.29, 0.717) is 17.9 Å². The van der Waals surface area contributed by atoms with Crippen LogP contribution >= 0.6 is 0 Å². The standard InChI is InChI=1S/C21H24N2O3/c1-15(2)9-12-18-19(25-3)13-17(14-20(18)26-21(24)23-22)11-10-16-7-5-4-6-8-16/h4-8,10-11,13-14H,1,9,12,22H2,2-3H3,(H,23,24)/b11-10+. The molecule has 0 atom stereocenters. The topological polar surface area (TPSA) is 73.6 Å². The maximum Gasteiger partial charge on any atom is 0.426 e. The van der Waals surface area contributed by atoms with Crippen molar-refractivity contribution in [1.82, 2.24) is 5.43 Å². The second kappa shape index (κ2) is 9.44. The lowest BCUT2D eigenvalue weighted by molar-refractivity contribution is 0.200. The predicted octanol–water partition coefficient (Wildman–Crippen LogP) is 4.34. The number of nitrogens with two attached hydrogens (primary N) is 1. The molecule has 0 heterocycles. The number of hydrogen-bond donors (Lipinski definition) is 2. The normalized spacial score (nSPS) is 10.6. The summed E-state index contributed by atoms with van der Waals surface area (Å²) < 4.78 is 10.9. The van der Waals surface area contributed by atoms with E-state index in [1.165, 1.54) is 0 Å². The number of amides is 1. The van der Waals surface area contributed by atoms with Gasteiger partial charge in [0.15, 0.2) is 0 Å². The summed E-state index contributed by atoms with van der Waals surface area (Å²) in [5.74, 6) is 6.22. The molecular formula is C21H24N2O3. The first-order chi connectivity index (χ1) is 12.5. The highest BCUT2D eigenvalue weighted by Crippen LogP contribution is 2.33. The molecule has 136 valence electrons. The molecule has 0 aliphatic heterocycles. The second-order valence-electron chi connectivity index (χ2n) is 5.93. The summed E-state index contributed by atoms with van der Waals surface area (Å²) in [6.45, 7) is 5.88. The van der Waals surface area contributed by atoms with Crippen LogP contribution in [0.5, 0.6) is 11.5 Å². The van der Waals surface area contributed by atoms with Crippen LogP contribution in [-0.2, 0) is 6.42 Å². The summed E-state index contributed by atoms with van der Waals surface area (Å²) >= 11 is 0. The van der Waals surface area contributed by atoms with E-state index < -0.39 is 6.09 Å². The molecule has 1 amide bonds. The van der Waals surface area contributed by atoms with Crippen LogP contribution in [-0.4, -0.2) is 13.2 Å². The number of carbonyl (C=O) groups is 1. The first-order valence-corrected chi connectivity index (χ1v) is 8.30. The molecule has 0 spiro atoms. The number of benzene rings is 2. The first kappa shape index (κ1) is 19.3. The van der Waals surface area contributed by atoms with Crippen molar-refractivity contribution in [3.8, 4) is 11.5 Å². The molecule has 2 aromatic rings. The van der Waals surface area contributed by atoms with Crippen molar-refractivity contribution < 1.29 is 14.3 Å². The van der Waals surface area contributed by atoms with Crippen LogP contribution < -0.4 is 20.7 Å². The fourth-order valence-electron chi connectivity index (χ4n) is 2.48. The lowest BCUT2D eigenvalue weighted by Crippen LogP contribution is -2.33. The van der Waals surface area contributed by atoms with Crippen molar-refractivity contribution in [3.05, 3.63) is 71.3 Å². The molecule has 0 unspecified atom stereocenters. The monoisotopic (exact) mass is 352 g/mol.